The van der Waals surface area contributed by atoms with E-state index in [2.05, 4.69) is 35.2 Å². The molecule has 2 aromatic rings. The van der Waals surface area contributed by atoms with E-state index in [0.717, 1.165) is 49.6 Å². The van der Waals surface area contributed by atoms with Crippen LogP contribution in [0.4, 0.5) is 0 Å². The smallest absolute Gasteiger partial charge is 0.161 e. The van der Waals surface area contributed by atoms with Crippen LogP contribution >= 0.6 is 0 Å². The highest BCUT2D eigenvalue weighted by atomic mass is 16.5. The number of hydrogen-bond acceptors (Lipinski definition) is 5. The first-order chi connectivity index (χ1) is 14.1. The Labute approximate surface area is 172 Å². The standard InChI is InChI=1S/C24H29NO4/c1-27-20-7-4-17(5-8-20)16-25-13-12-24(11-10-19(26)15-23(24)25)18-6-9-21(28-2)22(14-18)29-3/h4-9,14-15,19,26H,10-13,16H2,1-3H3/t19-,24-/m0/s1. The number of methoxy groups -OCH3 is 3. The summed E-state index contributed by atoms with van der Waals surface area (Å²) in [5, 5.41) is 10.4. The number of likely N-dealkylation sites (tertiary alicyclic amines) is 1. The van der Waals surface area contributed by atoms with Crippen LogP contribution in [0.1, 0.15) is 30.4 Å². The average molecular weight is 395 g/mol. The molecule has 0 radical (unpaired) electrons. The first-order valence-electron chi connectivity index (χ1n) is 10.1. The molecule has 1 saturated heterocycles. The molecular weight excluding hydrogens is 366 g/mol. The summed E-state index contributed by atoms with van der Waals surface area (Å²) in [5.74, 6) is 2.35. The predicted molar refractivity (Wildman–Crippen MR) is 113 cm³/mol. The number of rotatable bonds is 6. The minimum Gasteiger partial charge on any atom is -0.497 e. The van der Waals surface area contributed by atoms with Crippen LogP contribution in [-0.4, -0.2) is 44.0 Å². The zero-order valence-electron chi connectivity index (χ0n) is 17.4. The van der Waals surface area contributed by atoms with Gasteiger partial charge < -0.3 is 24.2 Å². The van der Waals surface area contributed by atoms with Crippen LogP contribution in [0.15, 0.2) is 54.2 Å². The molecule has 1 fully saturated rings. The topological polar surface area (TPSA) is 51.2 Å². The van der Waals surface area contributed by atoms with Crippen molar-refractivity contribution in [3.8, 4) is 17.2 Å². The van der Waals surface area contributed by atoms with Gasteiger partial charge in [-0.1, -0.05) is 18.2 Å². The molecule has 0 bridgehead atoms. The summed E-state index contributed by atoms with van der Waals surface area (Å²) < 4.78 is 16.3. The number of allylic oxidation sites excluding steroid dienone is 1. The van der Waals surface area contributed by atoms with Gasteiger partial charge in [-0.25, -0.2) is 0 Å². The third-order valence-corrected chi connectivity index (χ3v) is 6.33. The van der Waals surface area contributed by atoms with Gasteiger partial charge in [-0.05, 0) is 60.7 Å². The molecule has 1 heterocycles. The Hall–Kier alpha value is -2.66. The van der Waals surface area contributed by atoms with Gasteiger partial charge in [0.2, 0.25) is 0 Å². The molecule has 0 amide bonds. The molecular formula is C24H29NO4. The zero-order chi connectivity index (χ0) is 20.4. The molecule has 5 nitrogen and oxygen atoms in total. The van der Waals surface area contributed by atoms with E-state index in [-0.39, 0.29) is 5.41 Å². The van der Waals surface area contributed by atoms with Gasteiger partial charge in [0.05, 0.1) is 27.4 Å². The van der Waals surface area contributed by atoms with Crippen LogP contribution in [0.2, 0.25) is 0 Å². The summed E-state index contributed by atoms with van der Waals surface area (Å²) in [7, 11) is 5.01. The maximum Gasteiger partial charge on any atom is 0.161 e. The van der Waals surface area contributed by atoms with Crippen molar-refractivity contribution in [3.05, 3.63) is 65.4 Å². The number of aliphatic hydroxyl groups excluding tert-OH is 1. The highest BCUT2D eigenvalue weighted by Crippen LogP contribution is 2.51. The molecule has 5 heteroatoms. The molecule has 0 spiro atoms. The second-order valence-electron chi connectivity index (χ2n) is 7.83. The minimum atomic E-state index is -0.394. The van der Waals surface area contributed by atoms with E-state index < -0.39 is 6.10 Å². The van der Waals surface area contributed by atoms with Gasteiger partial charge in [-0.15, -0.1) is 0 Å². The summed E-state index contributed by atoms with van der Waals surface area (Å²) >= 11 is 0. The average Bonchev–Trinajstić information content (AvgIpc) is 3.12. The van der Waals surface area contributed by atoms with E-state index in [4.69, 9.17) is 14.2 Å². The third-order valence-electron chi connectivity index (χ3n) is 6.33. The van der Waals surface area contributed by atoms with Crippen molar-refractivity contribution in [1.29, 1.82) is 0 Å². The third kappa shape index (κ3) is 3.55. The van der Waals surface area contributed by atoms with E-state index in [9.17, 15) is 5.11 Å². The number of ether oxygens (including phenoxy) is 3. The second kappa shape index (κ2) is 7.99. The molecule has 2 aromatic carbocycles. The Morgan fingerprint density at radius 2 is 1.72 bits per heavy atom. The van der Waals surface area contributed by atoms with Crippen molar-refractivity contribution in [3.63, 3.8) is 0 Å². The molecule has 2 aliphatic rings. The normalized spacial score (nSPS) is 23.4. The fourth-order valence-corrected chi connectivity index (χ4v) is 4.74. The predicted octanol–water partition coefficient (Wildman–Crippen LogP) is 3.89. The van der Waals surface area contributed by atoms with Crippen molar-refractivity contribution in [1.82, 2.24) is 4.90 Å². The van der Waals surface area contributed by atoms with Crippen molar-refractivity contribution >= 4 is 0 Å². The summed E-state index contributed by atoms with van der Waals surface area (Å²) in [5.41, 5.74) is 3.59. The molecule has 154 valence electrons. The lowest BCUT2D eigenvalue weighted by molar-refractivity contribution is 0.179. The van der Waals surface area contributed by atoms with E-state index in [1.807, 2.05) is 18.2 Å². The van der Waals surface area contributed by atoms with Gasteiger partial charge >= 0.3 is 0 Å². The highest BCUT2D eigenvalue weighted by Gasteiger charge is 2.46. The lowest BCUT2D eigenvalue weighted by Gasteiger charge is -2.38. The van der Waals surface area contributed by atoms with Gasteiger partial charge in [0.1, 0.15) is 5.75 Å². The van der Waals surface area contributed by atoms with Crippen molar-refractivity contribution in [2.75, 3.05) is 27.9 Å². The number of aliphatic hydroxyl groups is 1. The van der Waals surface area contributed by atoms with Crippen LogP contribution in [0.3, 0.4) is 0 Å². The van der Waals surface area contributed by atoms with Gasteiger partial charge in [0, 0.05) is 24.2 Å². The Bertz CT molecular complexity index is 892. The molecule has 1 N–H and O–H groups in total. The van der Waals surface area contributed by atoms with E-state index in [1.54, 1.807) is 21.3 Å². The fraction of sp³-hybridized carbons (Fsp3) is 0.417. The largest absolute Gasteiger partial charge is 0.497 e. The molecule has 1 aliphatic heterocycles. The summed E-state index contributed by atoms with van der Waals surface area (Å²) in [4.78, 5) is 2.40. The first kappa shape index (κ1) is 19.6. The van der Waals surface area contributed by atoms with Crippen LogP contribution < -0.4 is 14.2 Å². The Morgan fingerprint density at radius 1 is 0.966 bits per heavy atom. The van der Waals surface area contributed by atoms with Gasteiger partial charge in [0.15, 0.2) is 11.5 Å². The summed E-state index contributed by atoms with van der Waals surface area (Å²) in [6.45, 7) is 1.77. The summed E-state index contributed by atoms with van der Waals surface area (Å²) in [6, 6.07) is 14.4. The number of fused-ring (bicyclic) bond motifs is 1. The lowest BCUT2D eigenvalue weighted by atomic mass is 9.70. The lowest BCUT2D eigenvalue weighted by Crippen LogP contribution is -2.34. The number of hydrogen-bond donors (Lipinski definition) is 1. The van der Waals surface area contributed by atoms with Gasteiger partial charge in [-0.2, -0.15) is 0 Å². The Balaban J connectivity index is 1.67. The molecule has 2 atom stereocenters. The van der Waals surface area contributed by atoms with E-state index in [1.165, 1.54) is 16.8 Å². The molecule has 4 rings (SSSR count). The molecule has 0 saturated carbocycles. The first-order valence-corrected chi connectivity index (χ1v) is 10.1. The minimum absolute atomic E-state index is 0.0920. The summed E-state index contributed by atoms with van der Waals surface area (Å²) in [6.07, 6.45) is 4.38. The second-order valence-corrected chi connectivity index (χ2v) is 7.83. The van der Waals surface area contributed by atoms with Crippen molar-refractivity contribution in [2.45, 2.75) is 37.3 Å². The monoisotopic (exact) mass is 395 g/mol. The zero-order valence-corrected chi connectivity index (χ0v) is 17.4. The van der Waals surface area contributed by atoms with Crippen LogP contribution in [0.5, 0.6) is 17.2 Å². The molecule has 29 heavy (non-hydrogen) atoms. The van der Waals surface area contributed by atoms with E-state index in [0.29, 0.717) is 0 Å². The van der Waals surface area contributed by atoms with Crippen molar-refractivity contribution < 1.29 is 19.3 Å². The fourth-order valence-electron chi connectivity index (χ4n) is 4.74. The van der Waals surface area contributed by atoms with Crippen LogP contribution in [0.25, 0.3) is 0 Å². The maximum atomic E-state index is 10.4. The van der Waals surface area contributed by atoms with Crippen molar-refractivity contribution in [2.24, 2.45) is 0 Å². The molecule has 0 aromatic heterocycles. The van der Waals surface area contributed by atoms with Gasteiger partial charge in [0.25, 0.3) is 0 Å². The highest BCUT2D eigenvalue weighted by molar-refractivity contribution is 5.49. The van der Waals surface area contributed by atoms with Crippen LogP contribution in [0, 0.1) is 0 Å². The SMILES string of the molecule is COc1ccc(CN2CC[C@]3(c4ccc(OC)c(OC)c4)CC[C@H](O)C=C23)cc1. The number of benzene rings is 2. The van der Waals surface area contributed by atoms with Crippen LogP contribution in [-0.2, 0) is 12.0 Å². The Morgan fingerprint density at radius 3 is 2.41 bits per heavy atom. The molecule has 1 aliphatic carbocycles. The quantitative estimate of drug-likeness (QED) is 0.804. The number of nitrogens with zero attached hydrogens (tertiary/aromatic N) is 1. The van der Waals surface area contributed by atoms with E-state index >= 15 is 0 Å². The van der Waals surface area contributed by atoms with Gasteiger partial charge in [-0.3, -0.25) is 0 Å². The maximum absolute atomic E-state index is 10.4. The Kier molecular flexibility index (Phi) is 5.41. The molecule has 0 unspecified atom stereocenters.